The summed E-state index contributed by atoms with van der Waals surface area (Å²) in [6.45, 7) is 6.11. The van der Waals surface area contributed by atoms with Gasteiger partial charge in [-0.3, -0.25) is 0 Å². The highest BCUT2D eigenvalue weighted by Crippen LogP contribution is 2.09. The molecule has 0 aromatic rings. The lowest BCUT2D eigenvalue weighted by Gasteiger charge is -2.10. The SMILES string of the molecule is CC[C@H](C)[C@H](C)N=[N+]=[N-]. The average Bonchev–Trinajstić information content (AvgIpc) is 1.87. The van der Waals surface area contributed by atoms with Crippen molar-refractivity contribution in [2.24, 2.45) is 11.0 Å². The van der Waals surface area contributed by atoms with Crippen molar-refractivity contribution in [1.29, 1.82) is 0 Å². The molecular formula is C6H13N3. The zero-order valence-corrected chi connectivity index (χ0v) is 6.20. The molecule has 0 spiro atoms. The first-order chi connectivity index (χ1) is 4.22. The van der Waals surface area contributed by atoms with Gasteiger partial charge in [0.2, 0.25) is 0 Å². The van der Waals surface area contributed by atoms with Gasteiger partial charge in [0.05, 0.1) is 0 Å². The van der Waals surface area contributed by atoms with Crippen LogP contribution in [0.2, 0.25) is 0 Å². The van der Waals surface area contributed by atoms with Crippen molar-refractivity contribution in [3.63, 3.8) is 0 Å². The quantitative estimate of drug-likeness (QED) is 0.318. The summed E-state index contributed by atoms with van der Waals surface area (Å²) in [5.41, 5.74) is 8.04. The Balaban J connectivity index is 3.71. The number of nitrogens with zero attached hydrogens (tertiary/aromatic N) is 3. The molecule has 0 amide bonds. The van der Waals surface area contributed by atoms with Crippen molar-refractivity contribution in [2.75, 3.05) is 0 Å². The van der Waals surface area contributed by atoms with Crippen LogP contribution in [0.5, 0.6) is 0 Å². The van der Waals surface area contributed by atoms with E-state index in [-0.39, 0.29) is 6.04 Å². The van der Waals surface area contributed by atoms with E-state index in [2.05, 4.69) is 23.9 Å². The molecule has 52 valence electrons. The molecule has 0 rings (SSSR count). The van der Waals surface area contributed by atoms with Gasteiger partial charge >= 0.3 is 0 Å². The second-order valence-corrected chi connectivity index (χ2v) is 2.33. The predicted octanol–water partition coefficient (Wildman–Crippen LogP) is 2.73. The van der Waals surface area contributed by atoms with E-state index in [1.54, 1.807) is 0 Å². The third kappa shape index (κ3) is 2.98. The summed E-state index contributed by atoms with van der Waals surface area (Å²) < 4.78 is 0. The second kappa shape index (κ2) is 4.21. The molecule has 0 fully saturated rings. The Morgan fingerprint density at radius 2 is 2.11 bits per heavy atom. The minimum absolute atomic E-state index is 0.139. The number of rotatable bonds is 3. The van der Waals surface area contributed by atoms with E-state index in [0.717, 1.165) is 6.42 Å². The van der Waals surface area contributed by atoms with Crippen LogP contribution in [-0.2, 0) is 0 Å². The molecule has 3 nitrogen and oxygen atoms in total. The molecular weight excluding hydrogens is 114 g/mol. The number of azide groups is 1. The normalized spacial score (nSPS) is 15.9. The fourth-order valence-electron chi connectivity index (χ4n) is 0.536. The largest absolute Gasteiger partial charge is 0.0906 e. The van der Waals surface area contributed by atoms with Gasteiger partial charge in [0, 0.05) is 11.0 Å². The molecule has 0 radical (unpaired) electrons. The van der Waals surface area contributed by atoms with Gasteiger partial charge in [0.15, 0.2) is 0 Å². The molecule has 0 aliphatic heterocycles. The van der Waals surface area contributed by atoms with Gasteiger partial charge in [-0.05, 0) is 11.4 Å². The smallest absolute Gasteiger partial charge is 0.0371 e. The molecule has 3 heteroatoms. The summed E-state index contributed by atoms with van der Waals surface area (Å²) in [7, 11) is 0. The Morgan fingerprint density at radius 1 is 1.56 bits per heavy atom. The highest BCUT2D eigenvalue weighted by atomic mass is 15.1. The number of hydrogen-bond acceptors (Lipinski definition) is 1. The third-order valence-corrected chi connectivity index (χ3v) is 1.70. The number of hydrogen-bond donors (Lipinski definition) is 0. The molecule has 0 saturated carbocycles. The Hall–Kier alpha value is -0.690. The lowest BCUT2D eigenvalue weighted by molar-refractivity contribution is 0.468. The maximum Gasteiger partial charge on any atom is 0.0371 e. The lowest BCUT2D eigenvalue weighted by atomic mass is 10.0. The van der Waals surface area contributed by atoms with Crippen LogP contribution in [0, 0.1) is 5.92 Å². The molecule has 0 aromatic heterocycles. The molecule has 0 heterocycles. The van der Waals surface area contributed by atoms with Crippen molar-refractivity contribution in [3.8, 4) is 0 Å². The highest BCUT2D eigenvalue weighted by Gasteiger charge is 2.05. The molecule has 0 N–H and O–H groups in total. The summed E-state index contributed by atoms with van der Waals surface area (Å²) in [6.07, 6.45) is 1.07. The Labute approximate surface area is 55.7 Å². The monoisotopic (exact) mass is 127 g/mol. The first kappa shape index (κ1) is 8.31. The minimum Gasteiger partial charge on any atom is -0.0906 e. The van der Waals surface area contributed by atoms with E-state index in [1.165, 1.54) is 0 Å². The van der Waals surface area contributed by atoms with Crippen molar-refractivity contribution in [3.05, 3.63) is 10.4 Å². The highest BCUT2D eigenvalue weighted by molar-refractivity contribution is 4.66. The first-order valence-corrected chi connectivity index (χ1v) is 3.26. The molecule has 9 heavy (non-hydrogen) atoms. The van der Waals surface area contributed by atoms with Gasteiger partial charge in [-0.2, -0.15) is 0 Å². The molecule has 0 unspecified atom stereocenters. The summed E-state index contributed by atoms with van der Waals surface area (Å²) in [6, 6.07) is 0.139. The lowest BCUT2D eigenvalue weighted by Crippen LogP contribution is -2.08. The molecule has 0 bridgehead atoms. The predicted molar refractivity (Wildman–Crippen MR) is 38.1 cm³/mol. The van der Waals surface area contributed by atoms with Crippen LogP contribution in [-0.4, -0.2) is 6.04 Å². The average molecular weight is 127 g/mol. The molecule has 0 aromatic carbocycles. The summed E-state index contributed by atoms with van der Waals surface area (Å²) >= 11 is 0. The standard InChI is InChI=1S/C6H13N3/c1-4-5(2)6(3)8-9-7/h5-6H,4H2,1-3H3/t5-,6-/m0/s1. The van der Waals surface area contributed by atoms with Crippen molar-refractivity contribution in [1.82, 2.24) is 0 Å². The summed E-state index contributed by atoms with van der Waals surface area (Å²) in [5, 5.41) is 3.58. The first-order valence-electron chi connectivity index (χ1n) is 3.26. The Bertz CT molecular complexity index is 115. The van der Waals surface area contributed by atoms with Gasteiger partial charge in [-0.1, -0.05) is 32.3 Å². The van der Waals surface area contributed by atoms with Crippen molar-refractivity contribution < 1.29 is 0 Å². The van der Waals surface area contributed by atoms with Crippen molar-refractivity contribution >= 4 is 0 Å². The maximum atomic E-state index is 8.04. The fraction of sp³-hybridized carbons (Fsp3) is 1.00. The van der Waals surface area contributed by atoms with Gasteiger partial charge in [-0.15, -0.1) is 0 Å². The zero-order chi connectivity index (χ0) is 7.28. The molecule has 0 aliphatic carbocycles. The molecule has 2 atom stereocenters. The van der Waals surface area contributed by atoms with E-state index in [0.29, 0.717) is 5.92 Å². The Kier molecular flexibility index (Phi) is 3.89. The Morgan fingerprint density at radius 3 is 2.44 bits per heavy atom. The van der Waals surface area contributed by atoms with E-state index in [9.17, 15) is 0 Å². The van der Waals surface area contributed by atoms with Gasteiger partial charge in [0.25, 0.3) is 0 Å². The van der Waals surface area contributed by atoms with E-state index >= 15 is 0 Å². The minimum atomic E-state index is 0.139. The van der Waals surface area contributed by atoms with Crippen LogP contribution in [0.3, 0.4) is 0 Å². The van der Waals surface area contributed by atoms with E-state index in [4.69, 9.17) is 5.53 Å². The summed E-state index contributed by atoms with van der Waals surface area (Å²) in [4.78, 5) is 2.73. The summed E-state index contributed by atoms with van der Waals surface area (Å²) in [5.74, 6) is 0.501. The van der Waals surface area contributed by atoms with Gasteiger partial charge < -0.3 is 0 Å². The van der Waals surface area contributed by atoms with Gasteiger partial charge in [-0.25, -0.2) is 0 Å². The van der Waals surface area contributed by atoms with Crippen LogP contribution in [0.4, 0.5) is 0 Å². The molecule has 0 aliphatic rings. The van der Waals surface area contributed by atoms with Crippen LogP contribution in [0.15, 0.2) is 5.11 Å². The van der Waals surface area contributed by atoms with Crippen LogP contribution < -0.4 is 0 Å². The maximum absolute atomic E-state index is 8.04. The molecule has 0 saturated heterocycles. The topological polar surface area (TPSA) is 48.8 Å². The zero-order valence-electron chi connectivity index (χ0n) is 6.20. The fourth-order valence-corrected chi connectivity index (χ4v) is 0.536. The van der Waals surface area contributed by atoms with Crippen LogP contribution in [0.1, 0.15) is 27.2 Å². The third-order valence-electron chi connectivity index (χ3n) is 1.70. The van der Waals surface area contributed by atoms with E-state index in [1.807, 2.05) is 6.92 Å². The van der Waals surface area contributed by atoms with Crippen LogP contribution in [0.25, 0.3) is 10.4 Å². The van der Waals surface area contributed by atoms with E-state index < -0.39 is 0 Å². The second-order valence-electron chi connectivity index (χ2n) is 2.33. The van der Waals surface area contributed by atoms with Crippen molar-refractivity contribution in [2.45, 2.75) is 33.2 Å². The van der Waals surface area contributed by atoms with Crippen LogP contribution >= 0.6 is 0 Å². The van der Waals surface area contributed by atoms with Gasteiger partial charge in [0.1, 0.15) is 0 Å².